The van der Waals surface area contributed by atoms with Gasteiger partial charge in [-0.3, -0.25) is 14.8 Å². The van der Waals surface area contributed by atoms with Gasteiger partial charge < -0.3 is 15.2 Å². The van der Waals surface area contributed by atoms with Gasteiger partial charge >= 0.3 is 0 Å². The van der Waals surface area contributed by atoms with Crippen LogP contribution in [-0.2, 0) is 4.79 Å². The number of thiophene rings is 1. The van der Waals surface area contributed by atoms with Gasteiger partial charge in [0.2, 0.25) is 0 Å². The Kier molecular flexibility index (Phi) is 5.91. The first-order valence-electron chi connectivity index (χ1n) is 7.13. The van der Waals surface area contributed by atoms with Crippen LogP contribution in [0.15, 0.2) is 36.4 Å². The van der Waals surface area contributed by atoms with Crippen molar-refractivity contribution in [2.75, 3.05) is 7.11 Å². The van der Waals surface area contributed by atoms with E-state index < -0.39 is 24.0 Å². The summed E-state index contributed by atoms with van der Waals surface area (Å²) in [5.41, 5.74) is 2.32. The third-order valence-electron chi connectivity index (χ3n) is 3.35. The minimum absolute atomic E-state index is 0.379. The van der Waals surface area contributed by atoms with Crippen LogP contribution < -0.4 is 15.5 Å². The van der Waals surface area contributed by atoms with E-state index in [1.54, 1.807) is 19.2 Å². The third kappa shape index (κ3) is 4.10. The molecule has 0 saturated carbocycles. The molecule has 7 nitrogen and oxygen atoms in total. The summed E-state index contributed by atoms with van der Waals surface area (Å²) in [5.74, 6) is -0.688. The molecule has 128 valence electrons. The topological polar surface area (TPSA) is 108 Å². The zero-order chi connectivity index (χ0) is 17.7. The first kappa shape index (κ1) is 17.9. The molecule has 2 atom stereocenters. The number of aliphatic hydroxyl groups excluding tert-OH is 1. The number of carbonyl (C=O) groups excluding carboxylic acids is 2. The molecule has 0 fully saturated rings. The standard InChI is InChI=1S/C16H18N2O5S/c1-9(19)14(16(21)18-22)17-15(20)13-7-6-12(24-13)10-4-3-5-11(8-10)23-2/h3-9,14,19,22H,1-2H3,(H,17,20)(H,18,21). The number of aliphatic hydroxyl groups is 1. The quantitative estimate of drug-likeness (QED) is 0.465. The number of methoxy groups -OCH3 is 1. The molecule has 0 aliphatic carbocycles. The molecule has 0 radical (unpaired) electrons. The van der Waals surface area contributed by atoms with Crippen molar-refractivity contribution in [2.45, 2.75) is 19.1 Å². The number of amides is 2. The molecule has 0 bridgehead atoms. The normalized spacial score (nSPS) is 13.0. The Morgan fingerprint density at radius 2 is 2.00 bits per heavy atom. The number of nitrogens with one attached hydrogen (secondary N) is 2. The average molecular weight is 350 g/mol. The first-order valence-corrected chi connectivity index (χ1v) is 7.95. The Bertz CT molecular complexity index is 729. The highest BCUT2D eigenvalue weighted by Gasteiger charge is 2.26. The molecule has 24 heavy (non-hydrogen) atoms. The van der Waals surface area contributed by atoms with E-state index >= 15 is 0 Å². The number of benzene rings is 1. The molecule has 1 aromatic heterocycles. The largest absolute Gasteiger partial charge is 0.497 e. The highest BCUT2D eigenvalue weighted by atomic mass is 32.1. The van der Waals surface area contributed by atoms with E-state index in [1.165, 1.54) is 23.7 Å². The molecule has 1 heterocycles. The van der Waals surface area contributed by atoms with Crippen LogP contribution in [-0.4, -0.2) is 41.4 Å². The van der Waals surface area contributed by atoms with Crippen molar-refractivity contribution in [3.63, 3.8) is 0 Å². The summed E-state index contributed by atoms with van der Waals surface area (Å²) < 4.78 is 5.18. The van der Waals surface area contributed by atoms with E-state index in [4.69, 9.17) is 9.94 Å². The van der Waals surface area contributed by atoms with Gasteiger partial charge in [-0.25, -0.2) is 5.48 Å². The fraction of sp³-hybridized carbons (Fsp3) is 0.250. The van der Waals surface area contributed by atoms with E-state index in [-0.39, 0.29) is 0 Å². The van der Waals surface area contributed by atoms with Crippen LogP contribution in [0.5, 0.6) is 5.75 Å². The first-order chi connectivity index (χ1) is 11.5. The lowest BCUT2D eigenvalue weighted by Crippen LogP contribution is -2.51. The van der Waals surface area contributed by atoms with Gasteiger partial charge in [-0.15, -0.1) is 11.3 Å². The minimum atomic E-state index is -1.25. The van der Waals surface area contributed by atoms with E-state index in [1.807, 2.05) is 24.3 Å². The number of rotatable bonds is 6. The van der Waals surface area contributed by atoms with Crippen LogP contribution in [0.3, 0.4) is 0 Å². The molecule has 2 amide bonds. The fourth-order valence-corrected chi connectivity index (χ4v) is 2.98. The second-order valence-electron chi connectivity index (χ2n) is 5.06. The van der Waals surface area contributed by atoms with Gasteiger partial charge in [-0.2, -0.15) is 0 Å². The van der Waals surface area contributed by atoms with Gasteiger partial charge in [-0.05, 0) is 36.8 Å². The molecule has 0 aliphatic rings. The predicted octanol–water partition coefficient (Wildman–Crippen LogP) is 1.41. The summed E-state index contributed by atoms with van der Waals surface area (Å²) in [5, 5.41) is 20.6. The van der Waals surface area contributed by atoms with E-state index in [2.05, 4.69) is 5.32 Å². The molecule has 2 unspecified atom stereocenters. The Balaban J connectivity index is 2.17. The average Bonchev–Trinajstić information content (AvgIpc) is 3.08. The van der Waals surface area contributed by atoms with Crippen molar-refractivity contribution >= 4 is 23.2 Å². The highest BCUT2D eigenvalue weighted by Crippen LogP contribution is 2.30. The van der Waals surface area contributed by atoms with Gasteiger partial charge in [0.05, 0.1) is 18.1 Å². The monoisotopic (exact) mass is 350 g/mol. The Hall–Kier alpha value is -2.42. The highest BCUT2D eigenvalue weighted by molar-refractivity contribution is 7.17. The van der Waals surface area contributed by atoms with Crippen molar-refractivity contribution in [1.29, 1.82) is 0 Å². The number of hydrogen-bond acceptors (Lipinski definition) is 6. The Morgan fingerprint density at radius 1 is 1.25 bits per heavy atom. The molecule has 0 saturated heterocycles. The number of carbonyl (C=O) groups is 2. The Morgan fingerprint density at radius 3 is 2.62 bits per heavy atom. The molecule has 0 aliphatic heterocycles. The second kappa shape index (κ2) is 7.91. The lowest BCUT2D eigenvalue weighted by atomic mass is 10.1. The van der Waals surface area contributed by atoms with Crippen LogP contribution >= 0.6 is 11.3 Å². The molecule has 1 aromatic carbocycles. The third-order valence-corrected chi connectivity index (χ3v) is 4.48. The van der Waals surface area contributed by atoms with Gasteiger partial charge in [-0.1, -0.05) is 12.1 Å². The van der Waals surface area contributed by atoms with Crippen molar-refractivity contribution in [1.82, 2.24) is 10.8 Å². The molecule has 0 spiro atoms. The smallest absolute Gasteiger partial charge is 0.268 e. The van der Waals surface area contributed by atoms with Crippen LogP contribution in [0.25, 0.3) is 10.4 Å². The van der Waals surface area contributed by atoms with Gasteiger partial charge in [0.25, 0.3) is 11.8 Å². The summed E-state index contributed by atoms with van der Waals surface area (Å²) in [6, 6.07) is 9.60. The van der Waals surface area contributed by atoms with E-state index in [0.29, 0.717) is 10.6 Å². The molecule has 8 heteroatoms. The summed E-state index contributed by atoms with van der Waals surface area (Å²) in [7, 11) is 1.58. The van der Waals surface area contributed by atoms with Crippen molar-refractivity contribution < 1.29 is 24.6 Å². The lowest BCUT2D eigenvalue weighted by molar-refractivity contribution is -0.133. The summed E-state index contributed by atoms with van der Waals surface area (Å²) in [6.07, 6.45) is -1.15. The van der Waals surface area contributed by atoms with Crippen molar-refractivity contribution in [3.05, 3.63) is 41.3 Å². The zero-order valence-electron chi connectivity index (χ0n) is 13.1. The number of ether oxygens (including phenoxy) is 1. The summed E-state index contributed by atoms with van der Waals surface area (Å²) in [4.78, 5) is 25.0. The predicted molar refractivity (Wildman–Crippen MR) is 89.2 cm³/mol. The second-order valence-corrected chi connectivity index (χ2v) is 6.15. The number of hydroxylamine groups is 1. The van der Waals surface area contributed by atoms with Gasteiger partial charge in [0.1, 0.15) is 11.8 Å². The van der Waals surface area contributed by atoms with Crippen LogP contribution in [0.1, 0.15) is 16.6 Å². The molecule has 2 aromatic rings. The SMILES string of the molecule is COc1cccc(-c2ccc(C(=O)NC(C(=O)NO)C(C)O)s2)c1. The molecular weight excluding hydrogens is 332 g/mol. The molecule has 4 N–H and O–H groups in total. The fourth-order valence-electron chi connectivity index (χ4n) is 2.08. The van der Waals surface area contributed by atoms with Crippen LogP contribution in [0.4, 0.5) is 0 Å². The molecular formula is C16H18N2O5S. The van der Waals surface area contributed by atoms with Crippen LogP contribution in [0.2, 0.25) is 0 Å². The van der Waals surface area contributed by atoms with Crippen LogP contribution in [0, 0.1) is 0 Å². The van der Waals surface area contributed by atoms with E-state index in [0.717, 1.165) is 10.4 Å². The van der Waals surface area contributed by atoms with Gasteiger partial charge in [0, 0.05) is 4.88 Å². The maximum absolute atomic E-state index is 12.2. The maximum Gasteiger partial charge on any atom is 0.268 e. The Labute approximate surface area is 142 Å². The molecule has 2 rings (SSSR count). The van der Waals surface area contributed by atoms with Crippen molar-refractivity contribution in [3.8, 4) is 16.2 Å². The van der Waals surface area contributed by atoms with Gasteiger partial charge in [0.15, 0.2) is 0 Å². The summed E-state index contributed by atoms with van der Waals surface area (Å²) in [6.45, 7) is 1.34. The van der Waals surface area contributed by atoms with Crippen molar-refractivity contribution in [2.24, 2.45) is 0 Å². The maximum atomic E-state index is 12.2. The zero-order valence-corrected chi connectivity index (χ0v) is 14.0. The lowest BCUT2D eigenvalue weighted by Gasteiger charge is -2.18. The van der Waals surface area contributed by atoms with E-state index in [9.17, 15) is 14.7 Å². The number of hydrogen-bond donors (Lipinski definition) is 4. The summed E-state index contributed by atoms with van der Waals surface area (Å²) >= 11 is 1.24. The minimum Gasteiger partial charge on any atom is -0.497 e.